The molecule has 0 spiro atoms. The van der Waals surface area contributed by atoms with E-state index in [-0.39, 0.29) is 11.3 Å². The Kier molecular flexibility index (Phi) is 5.20. The Balaban J connectivity index is 2.69. The van der Waals surface area contributed by atoms with Gasteiger partial charge in [0.05, 0.1) is 4.92 Å². The van der Waals surface area contributed by atoms with Gasteiger partial charge in [0.2, 0.25) is 0 Å². The summed E-state index contributed by atoms with van der Waals surface area (Å²) in [6.07, 6.45) is 3.39. The molecule has 0 aliphatic heterocycles. The van der Waals surface area contributed by atoms with Gasteiger partial charge in [-0.3, -0.25) is 14.3 Å². The van der Waals surface area contributed by atoms with E-state index in [1.807, 2.05) is 6.07 Å². The molecule has 1 rings (SSSR count). The van der Waals surface area contributed by atoms with E-state index in [1.165, 1.54) is 6.07 Å². The molecule has 0 radical (unpaired) electrons. The highest BCUT2D eigenvalue weighted by atomic mass is 32.2. The van der Waals surface area contributed by atoms with Gasteiger partial charge in [0.1, 0.15) is 23.6 Å². The molecule has 7 nitrogen and oxygen atoms in total. The molecule has 1 atom stereocenters. The van der Waals surface area contributed by atoms with Gasteiger partial charge in [-0.05, 0) is 6.42 Å². The van der Waals surface area contributed by atoms with E-state index in [9.17, 15) is 14.3 Å². The van der Waals surface area contributed by atoms with E-state index >= 15 is 0 Å². The van der Waals surface area contributed by atoms with E-state index in [4.69, 9.17) is 5.26 Å². The summed E-state index contributed by atoms with van der Waals surface area (Å²) >= 11 is 0. The second-order valence-corrected chi connectivity index (χ2v) is 5.07. The second-order valence-electron chi connectivity index (χ2n) is 3.52. The van der Waals surface area contributed by atoms with Gasteiger partial charge in [-0.15, -0.1) is 0 Å². The van der Waals surface area contributed by atoms with Gasteiger partial charge in [-0.25, -0.2) is 4.98 Å². The predicted octanol–water partition coefficient (Wildman–Crippen LogP) is 1.04. The van der Waals surface area contributed by atoms with Crippen molar-refractivity contribution in [1.82, 2.24) is 4.98 Å². The van der Waals surface area contributed by atoms with Crippen molar-refractivity contribution in [2.24, 2.45) is 0 Å². The number of rotatable bonds is 6. The largest absolute Gasteiger partial charge is 0.369 e. The molecule has 8 heteroatoms. The van der Waals surface area contributed by atoms with Crippen LogP contribution in [0.1, 0.15) is 12.0 Å². The highest BCUT2D eigenvalue weighted by molar-refractivity contribution is 7.84. The molecule has 1 aromatic rings. The van der Waals surface area contributed by atoms with Gasteiger partial charge in [-0.2, -0.15) is 5.26 Å². The number of aromatic nitrogens is 1. The summed E-state index contributed by atoms with van der Waals surface area (Å²) in [6, 6.07) is 3.02. The first kappa shape index (κ1) is 14.1. The van der Waals surface area contributed by atoms with Crippen molar-refractivity contribution in [2.45, 2.75) is 6.42 Å². The maximum Gasteiger partial charge on any atom is 0.289 e. The Morgan fingerprint density at radius 2 is 2.39 bits per heavy atom. The number of pyridine rings is 1. The quantitative estimate of drug-likeness (QED) is 0.469. The van der Waals surface area contributed by atoms with Crippen LogP contribution in [0.2, 0.25) is 0 Å². The number of nitrogens with zero attached hydrogens (tertiary/aromatic N) is 3. The minimum absolute atomic E-state index is 0.127. The monoisotopic (exact) mass is 268 g/mol. The average molecular weight is 268 g/mol. The lowest BCUT2D eigenvalue weighted by atomic mass is 10.2. The van der Waals surface area contributed by atoms with E-state index in [1.54, 1.807) is 6.26 Å². The maximum atomic E-state index is 10.8. The minimum atomic E-state index is -0.855. The lowest BCUT2D eigenvalue weighted by Gasteiger charge is -2.05. The summed E-state index contributed by atoms with van der Waals surface area (Å²) in [6.45, 7) is 0.513. The van der Waals surface area contributed by atoms with Gasteiger partial charge in [0, 0.05) is 35.4 Å². The van der Waals surface area contributed by atoms with Crippen molar-refractivity contribution < 1.29 is 9.13 Å². The molecule has 0 amide bonds. The molecule has 0 bridgehead atoms. The van der Waals surface area contributed by atoms with Crippen LogP contribution < -0.4 is 5.32 Å². The van der Waals surface area contributed by atoms with Crippen LogP contribution in [0.5, 0.6) is 0 Å². The molecule has 0 saturated heterocycles. The number of hydrogen-bond donors (Lipinski definition) is 1. The molecule has 18 heavy (non-hydrogen) atoms. The van der Waals surface area contributed by atoms with Gasteiger partial charge >= 0.3 is 0 Å². The number of anilines is 1. The zero-order valence-corrected chi connectivity index (χ0v) is 10.6. The second kappa shape index (κ2) is 6.66. The summed E-state index contributed by atoms with van der Waals surface area (Å²) in [5, 5.41) is 22.3. The standard InChI is InChI=1S/C10H12N4O3S/c1-18(17)4-2-3-12-10-8(6-11)5-9(7-13-10)14(15)16/h5,7H,2-4H2,1H3,(H,12,13). The first-order valence-corrected chi connectivity index (χ1v) is 6.85. The van der Waals surface area contributed by atoms with E-state index in [0.29, 0.717) is 24.5 Å². The summed E-state index contributed by atoms with van der Waals surface area (Å²) in [5.41, 5.74) is -0.0893. The summed E-state index contributed by atoms with van der Waals surface area (Å²) in [4.78, 5) is 13.8. The molecular weight excluding hydrogens is 256 g/mol. The van der Waals surface area contributed by atoms with Crippen LogP contribution in [0.15, 0.2) is 12.3 Å². The van der Waals surface area contributed by atoms with Crippen LogP contribution in [0, 0.1) is 21.4 Å². The summed E-state index contributed by atoms with van der Waals surface area (Å²) < 4.78 is 10.8. The fraction of sp³-hybridized carbons (Fsp3) is 0.400. The zero-order valence-electron chi connectivity index (χ0n) is 9.75. The molecular formula is C10H12N4O3S. The summed E-state index contributed by atoms with van der Waals surface area (Å²) in [7, 11) is -0.855. The van der Waals surface area contributed by atoms with E-state index in [2.05, 4.69) is 10.3 Å². The van der Waals surface area contributed by atoms with Crippen molar-refractivity contribution in [3.63, 3.8) is 0 Å². The first-order chi connectivity index (χ1) is 8.54. The van der Waals surface area contributed by atoms with Gasteiger partial charge in [-0.1, -0.05) is 0 Å². The molecule has 1 unspecified atom stereocenters. The number of nitrogens with one attached hydrogen (secondary N) is 1. The zero-order chi connectivity index (χ0) is 13.5. The Bertz CT molecular complexity index is 512. The lowest BCUT2D eigenvalue weighted by Crippen LogP contribution is -2.08. The average Bonchev–Trinajstić information content (AvgIpc) is 2.34. The van der Waals surface area contributed by atoms with E-state index < -0.39 is 15.7 Å². The SMILES string of the molecule is CS(=O)CCCNc1ncc([N+](=O)[O-])cc1C#N. The van der Waals surface area contributed by atoms with Crippen molar-refractivity contribution >= 4 is 22.3 Å². The molecule has 0 aliphatic rings. The highest BCUT2D eigenvalue weighted by Crippen LogP contribution is 2.17. The Morgan fingerprint density at radius 3 is 2.94 bits per heavy atom. The number of nitro groups is 1. The van der Waals surface area contributed by atoms with Gasteiger partial charge in [0.15, 0.2) is 0 Å². The topological polar surface area (TPSA) is 109 Å². The van der Waals surface area contributed by atoms with Crippen LogP contribution in [0.3, 0.4) is 0 Å². The molecule has 1 heterocycles. The maximum absolute atomic E-state index is 10.8. The fourth-order valence-corrected chi connectivity index (χ4v) is 1.81. The van der Waals surface area contributed by atoms with Crippen LogP contribution >= 0.6 is 0 Å². The Labute approximate surface area is 106 Å². The highest BCUT2D eigenvalue weighted by Gasteiger charge is 2.11. The van der Waals surface area contributed by atoms with Gasteiger partial charge < -0.3 is 5.32 Å². The third-order valence-corrected chi connectivity index (χ3v) is 2.97. The fourth-order valence-electron chi connectivity index (χ4n) is 1.26. The molecule has 1 N–H and O–H groups in total. The molecule has 1 aromatic heterocycles. The normalized spacial score (nSPS) is 11.6. The number of nitriles is 1. The van der Waals surface area contributed by atoms with Crippen LogP contribution in [-0.2, 0) is 10.8 Å². The minimum Gasteiger partial charge on any atom is -0.369 e. The Morgan fingerprint density at radius 1 is 1.67 bits per heavy atom. The smallest absolute Gasteiger partial charge is 0.289 e. The molecule has 0 saturated carbocycles. The van der Waals surface area contributed by atoms with Crippen molar-refractivity contribution in [2.75, 3.05) is 23.9 Å². The molecule has 0 aromatic carbocycles. The van der Waals surface area contributed by atoms with Crippen molar-refractivity contribution in [1.29, 1.82) is 5.26 Å². The van der Waals surface area contributed by atoms with Crippen molar-refractivity contribution in [3.05, 3.63) is 27.9 Å². The first-order valence-electron chi connectivity index (χ1n) is 5.13. The molecule has 0 fully saturated rings. The van der Waals surface area contributed by atoms with Crippen LogP contribution in [0.4, 0.5) is 11.5 Å². The van der Waals surface area contributed by atoms with Gasteiger partial charge in [0.25, 0.3) is 5.69 Å². The third kappa shape index (κ3) is 4.10. The van der Waals surface area contributed by atoms with Crippen LogP contribution in [0.25, 0.3) is 0 Å². The number of hydrogen-bond acceptors (Lipinski definition) is 6. The predicted molar refractivity (Wildman–Crippen MR) is 67.6 cm³/mol. The third-order valence-electron chi connectivity index (χ3n) is 2.11. The Hall–Kier alpha value is -2.01. The molecule has 96 valence electrons. The summed E-state index contributed by atoms with van der Waals surface area (Å²) in [5.74, 6) is 0.868. The molecule has 0 aliphatic carbocycles. The van der Waals surface area contributed by atoms with Crippen molar-refractivity contribution in [3.8, 4) is 6.07 Å². The lowest BCUT2D eigenvalue weighted by molar-refractivity contribution is -0.385. The van der Waals surface area contributed by atoms with E-state index in [0.717, 1.165) is 6.20 Å². The van der Waals surface area contributed by atoms with Crippen LogP contribution in [-0.4, -0.2) is 32.7 Å².